The predicted molar refractivity (Wildman–Crippen MR) is 77.2 cm³/mol. The van der Waals surface area contributed by atoms with Crippen LogP contribution >= 0.6 is 12.2 Å². The molecule has 0 radical (unpaired) electrons. The van der Waals surface area contributed by atoms with Gasteiger partial charge in [-0.15, -0.1) is 6.58 Å². The first-order chi connectivity index (χ1) is 8.24. The van der Waals surface area contributed by atoms with Crippen molar-refractivity contribution in [2.24, 2.45) is 0 Å². The van der Waals surface area contributed by atoms with E-state index >= 15 is 0 Å². The SMILES string of the molecule is C=CCNC(=S)NNC=C(C)c1ccccc1. The summed E-state index contributed by atoms with van der Waals surface area (Å²) >= 11 is 5.03. The summed E-state index contributed by atoms with van der Waals surface area (Å²) in [5, 5.41) is 3.50. The molecular formula is C13H17N3S. The van der Waals surface area contributed by atoms with Gasteiger partial charge in [0.15, 0.2) is 5.11 Å². The molecule has 0 aliphatic heterocycles. The zero-order valence-electron chi connectivity index (χ0n) is 9.86. The molecule has 0 heterocycles. The fourth-order valence-electron chi connectivity index (χ4n) is 1.20. The highest BCUT2D eigenvalue weighted by atomic mass is 32.1. The van der Waals surface area contributed by atoms with Crippen molar-refractivity contribution in [3.8, 4) is 0 Å². The first-order valence-corrected chi connectivity index (χ1v) is 5.77. The van der Waals surface area contributed by atoms with Gasteiger partial charge < -0.3 is 10.7 Å². The summed E-state index contributed by atoms with van der Waals surface area (Å²) in [7, 11) is 0. The number of nitrogens with one attached hydrogen (secondary N) is 3. The van der Waals surface area contributed by atoms with Crippen LogP contribution in [0.5, 0.6) is 0 Å². The van der Waals surface area contributed by atoms with Crippen LogP contribution in [0.4, 0.5) is 0 Å². The third-order valence-electron chi connectivity index (χ3n) is 2.11. The van der Waals surface area contributed by atoms with E-state index in [9.17, 15) is 0 Å². The molecule has 0 spiro atoms. The number of benzene rings is 1. The van der Waals surface area contributed by atoms with Crippen molar-refractivity contribution in [3.05, 3.63) is 54.8 Å². The first-order valence-electron chi connectivity index (χ1n) is 5.36. The Bertz CT molecular complexity index is 398. The standard InChI is InChI=1S/C13H17N3S/c1-3-9-14-13(17)16-15-10-11(2)12-7-5-4-6-8-12/h3-8,10,15H,1,9H2,2H3,(H2,14,16,17). The Morgan fingerprint density at radius 2 is 2.06 bits per heavy atom. The average molecular weight is 247 g/mol. The molecule has 0 saturated heterocycles. The maximum Gasteiger partial charge on any atom is 0.185 e. The van der Waals surface area contributed by atoms with Crippen molar-refractivity contribution >= 4 is 22.9 Å². The number of hydrogen-bond acceptors (Lipinski definition) is 2. The lowest BCUT2D eigenvalue weighted by Gasteiger charge is -2.09. The molecule has 0 aromatic heterocycles. The fraction of sp³-hybridized carbons (Fsp3) is 0.154. The maximum atomic E-state index is 5.03. The van der Waals surface area contributed by atoms with Crippen molar-refractivity contribution in [2.45, 2.75) is 6.92 Å². The largest absolute Gasteiger partial charge is 0.358 e. The highest BCUT2D eigenvalue weighted by molar-refractivity contribution is 7.80. The van der Waals surface area contributed by atoms with Crippen LogP contribution in [0.2, 0.25) is 0 Å². The minimum atomic E-state index is 0.544. The van der Waals surface area contributed by atoms with Gasteiger partial charge in [0.1, 0.15) is 0 Å². The second-order valence-electron chi connectivity index (χ2n) is 3.46. The van der Waals surface area contributed by atoms with E-state index in [1.165, 1.54) is 5.56 Å². The van der Waals surface area contributed by atoms with Crippen molar-refractivity contribution in [3.63, 3.8) is 0 Å². The fourth-order valence-corrected chi connectivity index (χ4v) is 1.35. The molecule has 17 heavy (non-hydrogen) atoms. The number of thiocarbonyl (C=S) groups is 1. The lowest BCUT2D eigenvalue weighted by Crippen LogP contribution is -2.41. The van der Waals surface area contributed by atoms with Crippen LogP contribution in [0.3, 0.4) is 0 Å². The molecule has 1 aromatic rings. The van der Waals surface area contributed by atoms with Crippen LogP contribution in [0.25, 0.3) is 5.57 Å². The third kappa shape index (κ3) is 5.17. The molecule has 0 saturated carbocycles. The van der Waals surface area contributed by atoms with Crippen LogP contribution in [0.15, 0.2) is 49.2 Å². The zero-order valence-corrected chi connectivity index (χ0v) is 10.7. The smallest absolute Gasteiger partial charge is 0.185 e. The molecular weight excluding hydrogens is 230 g/mol. The summed E-state index contributed by atoms with van der Waals surface area (Å²) in [5.41, 5.74) is 8.11. The van der Waals surface area contributed by atoms with E-state index in [0.29, 0.717) is 11.7 Å². The molecule has 0 bridgehead atoms. The molecule has 1 rings (SSSR count). The first kappa shape index (κ1) is 13.3. The number of rotatable bonds is 5. The molecule has 0 fully saturated rings. The van der Waals surface area contributed by atoms with E-state index in [4.69, 9.17) is 12.2 Å². The summed E-state index contributed by atoms with van der Waals surface area (Å²) in [5.74, 6) is 0. The highest BCUT2D eigenvalue weighted by Crippen LogP contribution is 2.10. The monoisotopic (exact) mass is 247 g/mol. The van der Waals surface area contributed by atoms with Crippen LogP contribution in [0.1, 0.15) is 12.5 Å². The second-order valence-corrected chi connectivity index (χ2v) is 3.87. The average Bonchev–Trinajstić information content (AvgIpc) is 2.37. The van der Waals surface area contributed by atoms with Crippen LogP contribution in [-0.2, 0) is 0 Å². The molecule has 0 aliphatic carbocycles. The Hall–Kier alpha value is -1.81. The summed E-state index contributed by atoms with van der Waals surface area (Å²) in [4.78, 5) is 0. The van der Waals surface area contributed by atoms with E-state index in [-0.39, 0.29) is 0 Å². The van der Waals surface area contributed by atoms with Crippen molar-refractivity contribution in [1.29, 1.82) is 0 Å². The summed E-state index contributed by atoms with van der Waals surface area (Å²) in [6, 6.07) is 10.1. The van der Waals surface area contributed by atoms with Gasteiger partial charge in [0, 0.05) is 12.7 Å². The van der Waals surface area contributed by atoms with Gasteiger partial charge in [-0.05, 0) is 30.3 Å². The molecule has 0 aliphatic rings. The molecule has 3 nitrogen and oxygen atoms in total. The van der Waals surface area contributed by atoms with E-state index in [0.717, 1.165) is 5.57 Å². The molecule has 0 amide bonds. The van der Waals surface area contributed by atoms with Crippen molar-refractivity contribution < 1.29 is 0 Å². The topological polar surface area (TPSA) is 36.1 Å². The van der Waals surface area contributed by atoms with Crippen molar-refractivity contribution in [2.75, 3.05) is 6.54 Å². The van der Waals surface area contributed by atoms with Gasteiger partial charge in [-0.1, -0.05) is 36.4 Å². The molecule has 1 aromatic carbocycles. The van der Waals surface area contributed by atoms with Gasteiger partial charge in [0.2, 0.25) is 0 Å². The second kappa shape index (κ2) is 7.46. The minimum Gasteiger partial charge on any atom is -0.358 e. The predicted octanol–water partition coefficient (Wildman–Crippen LogP) is 2.20. The zero-order chi connectivity index (χ0) is 12.5. The van der Waals surface area contributed by atoms with E-state index in [1.54, 1.807) is 6.08 Å². The van der Waals surface area contributed by atoms with Gasteiger partial charge in [-0.25, -0.2) is 0 Å². The molecule has 90 valence electrons. The van der Waals surface area contributed by atoms with Gasteiger partial charge >= 0.3 is 0 Å². The van der Waals surface area contributed by atoms with Gasteiger partial charge in [-0.3, -0.25) is 5.43 Å². The normalized spacial score (nSPS) is 10.5. The number of hydrogen-bond donors (Lipinski definition) is 3. The molecule has 4 heteroatoms. The third-order valence-corrected chi connectivity index (χ3v) is 2.36. The molecule has 0 atom stereocenters. The number of allylic oxidation sites excluding steroid dienone is 1. The molecule has 0 unspecified atom stereocenters. The summed E-state index contributed by atoms with van der Waals surface area (Å²) in [6.07, 6.45) is 3.62. The van der Waals surface area contributed by atoms with E-state index in [1.807, 2.05) is 31.3 Å². The summed E-state index contributed by atoms with van der Waals surface area (Å²) < 4.78 is 0. The maximum absolute atomic E-state index is 5.03. The lowest BCUT2D eigenvalue weighted by atomic mass is 10.1. The Kier molecular flexibility index (Phi) is 5.82. The quantitative estimate of drug-likeness (QED) is 0.423. The van der Waals surface area contributed by atoms with Gasteiger partial charge in [0.25, 0.3) is 0 Å². The Labute approximate surface area is 108 Å². The Morgan fingerprint density at radius 1 is 1.35 bits per heavy atom. The van der Waals surface area contributed by atoms with Gasteiger partial charge in [-0.2, -0.15) is 0 Å². The van der Waals surface area contributed by atoms with Gasteiger partial charge in [0.05, 0.1) is 0 Å². The minimum absolute atomic E-state index is 0.544. The Balaban J connectivity index is 2.39. The highest BCUT2D eigenvalue weighted by Gasteiger charge is 1.93. The summed E-state index contributed by atoms with van der Waals surface area (Å²) in [6.45, 7) is 6.28. The van der Waals surface area contributed by atoms with E-state index < -0.39 is 0 Å². The van der Waals surface area contributed by atoms with Crippen LogP contribution in [-0.4, -0.2) is 11.7 Å². The van der Waals surface area contributed by atoms with Crippen LogP contribution < -0.4 is 16.2 Å². The van der Waals surface area contributed by atoms with E-state index in [2.05, 4.69) is 34.9 Å². The Morgan fingerprint density at radius 3 is 2.71 bits per heavy atom. The lowest BCUT2D eigenvalue weighted by molar-refractivity contribution is 0.795. The number of hydrazine groups is 1. The molecule has 3 N–H and O–H groups in total. The van der Waals surface area contributed by atoms with Crippen LogP contribution in [0, 0.1) is 0 Å². The van der Waals surface area contributed by atoms with Crippen molar-refractivity contribution in [1.82, 2.24) is 16.2 Å².